The fourth-order valence-electron chi connectivity index (χ4n) is 9.47. The quantitative estimate of drug-likeness (QED) is 0.109. The molecule has 67 heavy (non-hydrogen) atoms. The zero-order chi connectivity index (χ0) is 47.9. The van der Waals surface area contributed by atoms with Crippen LogP contribution >= 0.6 is 22.7 Å². The van der Waals surface area contributed by atoms with Crippen molar-refractivity contribution in [1.29, 1.82) is 0 Å². The molecule has 0 unspecified atom stereocenters. The number of amides is 3. The highest BCUT2D eigenvalue weighted by Crippen LogP contribution is 2.40. The molecule has 0 bridgehead atoms. The van der Waals surface area contributed by atoms with E-state index in [2.05, 4.69) is 73.4 Å². The third kappa shape index (κ3) is 9.81. The molecule has 3 aliphatic heterocycles. The molecule has 6 atom stereocenters. The average molecular weight is 948 g/mol. The van der Waals surface area contributed by atoms with Gasteiger partial charge < -0.3 is 30.3 Å². The molecule has 15 nitrogen and oxygen atoms in total. The fraction of sp³-hybridized carbons (Fsp3) is 0.480. The number of rotatable bonds is 12. The van der Waals surface area contributed by atoms with Crippen LogP contribution in [0, 0.1) is 39.0 Å². The van der Waals surface area contributed by atoms with E-state index in [4.69, 9.17) is 9.73 Å². The van der Waals surface area contributed by atoms with Crippen molar-refractivity contribution in [3.63, 3.8) is 0 Å². The van der Waals surface area contributed by atoms with Crippen molar-refractivity contribution in [2.45, 2.75) is 118 Å². The predicted octanol–water partition coefficient (Wildman–Crippen LogP) is 7.12. The molecule has 2 saturated heterocycles. The van der Waals surface area contributed by atoms with Crippen LogP contribution in [0.2, 0.25) is 0 Å². The van der Waals surface area contributed by atoms with E-state index in [9.17, 15) is 24.3 Å². The van der Waals surface area contributed by atoms with Gasteiger partial charge in [-0.1, -0.05) is 57.2 Å². The molecule has 5 aromatic rings. The maximum atomic E-state index is 14.5. The number of hydrogen-bond acceptors (Lipinski definition) is 13. The number of nitrogens with one attached hydrogen (secondary N) is 2. The van der Waals surface area contributed by atoms with Crippen molar-refractivity contribution in [1.82, 2.24) is 35.3 Å². The van der Waals surface area contributed by atoms with E-state index in [0.717, 1.165) is 73.6 Å². The van der Waals surface area contributed by atoms with E-state index in [1.165, 1.54) is 16.9 Å². The summed E-state index contributed by atoms with van der Waals surface area (Å²) in [7, 11) is 1.39. The van der Waals surface area contributed by atoms with Crippen LogP contribution < -0.4 is 15.5 Å². The van der Waals surface area contributed by atoms with Crippen molar-refractivity contribution in [3.05, 3.63) is 98.5 Å². The Hall–Kier alpha value is -5.78. The Morgan fingerprint density at radius 3 is 2.33 bits per heavy atom. The van der Waals surface area contributed by atoms with Gasteiger partial charge in [-0.25, -0.2) is 4.98 Å². The first-order valence-electron chi connectivity index (χ1n) is 23.1. The lowest BCUT2D eigenvalue weighted by molar-refractivity contribution is -0.144. The summed E-state index contributed by atoms with van der Waals surface area (Å²) in [6, 6.07) is 13.7. The second-order valence-corrected chi connectivity index (χ2v) is 21.2. The van der Waals surface area contributed by atoms with Gasteiger partial charge in [-0.2, -0.15) is 0 Å². The van der Waals surface area contributed by atoms with Gasteiger partial charge in [0.1, 0.15) is 29.0 Å². The van der Waals surface area contributed by atoms with Crippen molar-refractivity contribution in [2.75, 3.05) is 31.6 Å². The van der Waals surface area contributed by atoms with Gasteiger partial charge in [-0.3, -0.25) is 28.7 Å². The molecular formula is C50H61N9O6S2. The van der Waals surface area contributed by atoms with Gasteiger partial charge in [0.25, 0.3) is 0 Å². The maximum Gasteiger partial charge on any atom is 0.305 e. The minimum atomic E-state index is -0.932. The number of benzene rings is 2. The molecule has 8 rings (SSSR count). The van der Waals surface area contributed by atoms with Crippen LogP contribution in [0.4, 0.5) is 5.69 Å². The van der Waals surface area contributed by atoms with Crippen LogP contribution in [-0.2, 0) is 23.9 Å². The Morgan fingerprint density at radius 2 is 1.66 bits per heavy atom. The molecule has 2 aromatic carbocycles. The Balaban J connectivity index is 0.953. The van der Waals surface area contributed by atoms with E-state index < -0.39 is 29.6 Å². The van der Waals surface area contributed by atoms with Crippen LogP contribution in [-0.4, -0.2) is 104 Å². The fourth-order valence-corrected chi connectivity index (χ4v) is 11.5. The number of aliphatic hydroxyl groups excluding tert-OH is 1. The highest BCUT2D eigenvalue weighted by molar-refractivity contribution is 7.15. The van der Waals surface area contributed by atoms with Gasteiger partial charge in [0.15, 0.2) is 5.82 Å². The average Bonchev–Trinajstić information content (AvgIpc) is 4.08. The predicted molar refractivity (Wildman–Crippen MR) is 261 cm³/mol. The first-order valence-corrected chi connectivity index (χ1v) is 24.7. The van der Waals surface area contributed by atoms with Gasteiger partial charge in [-0.05, 0) is 88.1 Å². The number of esters is 1. The van der Waals surface area contributed by atoms with Crippen LogP contribution in [0.1, 0.15) is 116 Å². The number of aryl methyl sites for hydroxylation is 3. The first-order chi connectivity index (χ1) is 31.9. The summed E-state index contributed by atoms with van der Waals surface area (Å²) in [5.41, 5.74) is 8.93. The Morgan fingerprint density at radius 1 is 0.940 bits per heavy atom. The molecular weight excluding hydrogens is 887 g/mol. The molecule has 354 valence electrons. The van der Waals surface area contributed by atoms with Gasteiger partial charge in [0.2, 0.25) is 17.7 Å². The summed E-state index contributed by atoms with van der Waals surface area (Å²) in [6.07, 6.45) is 1.28. The largest absolute Gasteiger partial charge is 0.469 e. The number of β-amino-alcohol motifs (C(OH)–C–C–N with tert-alkyl or cyclic N) is 1. The van der Waals surface area contributed by atoms with Gasteiger partial charge in [-0.15, -0.1) is 32.9 Å². The summed E-state index contributed by atoms with van der Waals surface area (Å²) in [5, 5.41) is 27.0. The number of aliphatic hydroxyl groups is 1. The van der Waals surface area contributed by atoms with E-state index in [-0.39, 0.29) is 55.0 Å². The topological polar surface area (TPSA) is 184 Å². The Labute approximate surface area is 400 Å². The highest BCUT2D eigenvalue weighted by atomic mass is 32.1. The lowest BCUT2D eigenvalue weighted by atomic mass is 9.84. The number of aromatic nitrogens is 4. The molecule has 17 heteroatoms. The number of nitrogens with zero attached hydrogens (tertiary/aromatic N) is 7. The van der Waals surface area contributed by atoms with Crippen molar-refractivity contribution < 1.29 is 29.0 Å². The van der Waals surface area contributed by atoms with Gasteiger partial charge in [0.05, 0.1) is 47.0 Å². The van der Waals surface area contributed by atoms with Crippen molar-refractivity contribution in [2.24, 2.45) is 16.3 Å². The summed E-state index contributed by atoms with van der Waals surface area (Å²) in [4.78, 5) is 70.5. The second-order valence-electron chi connectivity index (χ2n) is 19.2. The number of fused-ring (bicyclic) bond motifs is 3. The van der Waals surface area contributed by atoms with Crippen LogP contribution in [0.3, 0.4) is 0 Å². The Kier molecular flexibility index (Phi) is 13.8. The molecule has 0 radical (unpaired) electrons. The monoisotopic (exact) mass is 947 g/mol. The lowest BCUT2D eigenvalue weighted by Crippen LogP contribution is -2.59. The minimum absolute atomic E-state index is 0.00176. The maximum absolute atomic E-state index is 14.5. The number of methoxy groups -OCH3 is 1. The number of carbonyl (C=O) groups is 4. The number of hydrogen-bond donors (Lipinski definition) is 3. The van der Waals surface area contributed by atoms with Gasteiger partial charge >= 0.3 is 5.97 Å². The smallest absolute Gasteiger partial charge is 0.305 e. The van der Waals surface area contributed by atoms with Gasteiger partial charge in [0, 0.05) is 54.2 Å². The summed E-state index contributed by atoms with van der Waals surface area (Å²) >= 11 is 3.26. The van der Waals surface area contributed by atoms with Crippen LogP contribution in [0.25, 0.3) is 15.4 Å². The number of thiazole rings is 1. The van der Waals surface area contributed by atoms with Crippen LogP contribution in [0.15, 0.2) is 59.0 Å². The number of anilines is 1. The second kappa shape index (κ2) is 19.4. The standard InChI is InChI=1S/C50H61N9O6S2/c1-27-30(4)67-49-41(27)42(53-38(20-21-40(61)65-9)45-56-55-31(5)59(45)49)33-16-18-36(19-17-33)57-22-10-11-35(24-57)46(62)54-44(50(6,7)8)48(64)58-25-37(60)23-39(58)47(63)52-28(2)32-12-14-34(15-13-32)43-29(3)51-26-66-43/h12-19,26,28,35,37-39,44,60H,10-11,20-25H2,1-9H3,(H,52,63)(H,54,62)/t28-,35+,37+,38-,39-,44+/m0/s1. The highest BCUT2D eigenvalue weighted by Gasteiger charge is 2.45. The van der Waals surface area contributed by atoms with Crippen molar-refractivity contribution in [3.8, 4) is 15.4 Å². The molecule has 3 N–H and O–H groups in total. The molecule has 0 saturated carbocycles. The number of ether oxygens (including phenoxy) is 1. The van der Waals surface area contributed by atoms with Crippen molar-refractivity contribution >= 4 is 57.8 Å². The minimum Gasteiger partial charge on any atom is -0.469 e. The molecule has 3 aliphatic rings. The number of aliphatic imine (C=N–C) groups is 1. The summed E-state index contributed by atoms with van der Waals surface area (Å²) in [6.45, 7) is 16.9. The molecule has 3 aromatic heterocycles. The lowest BCUT2D eigenvalue weighted by Gasteiger charge is -2.38. The zero-order valence-corrected chi connectivity index (χ0v) is 41.4. The molecule has 0 spiro atoms. The SMILES string of the molecule is COC(=O)CC[C@@H]1N=C(c2ccc(N3CCC[C@@H](C(=O)N[C@H](C(=O)N4C[C@H](O)C[C@H]4C(=O)N[C@@H](C)c4ccc(-c5scnc5C)cc4)C(C)(C)C)C3)cc2)c2c(sc(C)c2C)-n2c(C)nnc21. The molecule has 0 aliphatic carbocycles. The number of carbonyl (C=O) groups excluding carboxylic acids is 4. The van der Waals surface area contributed by atoms with E-state index in [1.54, 1.807) is 22.7 Å². The summed E-state index contributed by atoms with van der Waals surface area (Å²) in [5.74, 6) is -0.208. The molecule has 3 amide bonds. The zero-order valence-electron chi connectivity index (χ0n) is 39.8. The number of piperidine rings is 1. The van der Waals surface area contributed by atoms with Crippen LogP contribution in [0.5, 0.6) is 0 Å². The third-order valence-corrected chi connectivity index (χ3v) is 15.6. The van der Waals surface area contributed by atoms with E-state index in [1.807, 2.05) is 71.3 Å². The Bertz CT molecular complexity index is 2680. The molecule has 6 heterocycles. The van der Waals surface area contributed by atoms with E-state index >= 15 is 0 Å². The molecule has 2 fully saturated rings. The third-order valence-electron chi connectivity index (χ3n) is 13.4. The first kappa shape index (κ1) is 47.7. The normalized spacial score (nSPS) is 20.3. The summed E-state index contributed by atoms with van der Waals surface area (Å²) < 4.78 is 7.04. The number of likely N-dealkylation sites (tertiary alicyclic amines) is 1. The number of thiophene rings is 1. The van der Waals surface area contributed by atoms with E-state index in [0.29, 0.717) is 25.2 Å².